The number of hydrogen-bond acceptors (Lipinski definition) is 7. The summed E-state index contributed by atoms with van der Waals surface area (Å²) in [5.74, 6) is 0.415. The van der Waals surface area contributed by atoms with E-state index in [0.29, 0.717) is 56.7 Å². The van der Waals surface area contributed by atoms with Crippen LogP contribution in [0, 0.1) is 0 Å². The minimum atomic E-state index is -0.673. The Bertz CT molecular complexity index is 1070. The van der Waals surface area contributed by atoms with E-state index in [1.165, 1.54) is 24.9 Å². The first kappa shape index (κ1) is 22.4. The van der Waals surface area contributed by atoms with Gasteiger partial charge in [0.25, 0.3) is 11.5 Å². The summed E-state index contributed by atoms with van der Waals surface area (Å²) in [5, 5.41) is 2.74. The predicted molar refractivity (Wildman–Crippen MR) is 117 cm³/mol. The van der Waals surface area contributed by atoms with E-state index in [1.807, 2.05) is 19.9 Å². The number of ether oxygens (including phenoxy) is 3. The van der Waals surface area contributed by atoms with Gasteiger partial charge in [0.1, 0.15) is 17.1 Å². The van der Waals surface area contributed by atoms with Crippen molar-refractivity contribution in [1.29, 1.82) is 0 Å². The van der Waals surface area contributed by atoms with Crippen LogP contribution in [0.15, 0.2) is 27.9 Å². The molecule has 1 fully saturated rings. The number of amides is 1. The number of anilines is 2. The first-order chi connectivity index (χ1) is 14.9. The highest BCUT2D eigenvalue weighted by molar-refractivity contribution is 6.05. The molecule has 0 radical (unpaired) electrons. The number of aryl methyl sites for hydroxylation is 1. The number of aromatic nitrogens is 2. The number of benzene rings is 1. The molecule has 1 aromatic carbocycles. The van der Waals surface area contributed by atoms with Gasteiger partial charge in [0.2, 0.25) is 0 Å². The normalized spacial score (nSPS) is 13.7. The Morgan fingerprint density at radius 1 is 1.06 bits per heavy atom. The lowest BCUT2D eigenvalue weighted by Gasteiger charge is -2.31. The van der Waals surface area contributed by atoms with Crippen LogP contribution < -0.4 is 30.9 Å². The second-order valence-corrected chi connectivity index (χ2v) is 7.04. The third-order valence-electron chi connectivity index (χ3n) is 4.95. The maximum atomic E-state index is 12.9. The molecule has 31 heavy (non-hydrogen) atoms. The van der Waals surface area contributed by atoms with Crippen LogP contribution in [0.4, 0.5) is 11.4 Å². The lowest BCUT2D eigenvalue weighted by molar-refractivity contribution is 0.102. The highest BCUT2D eigenvalue weighted by Crippen LogP contribution is 2.39. The Kier molecular flexibility index (Phi) is 7.01. The van der Waals surface area contributed by atoms with Gasteiger partial charge < -0.3 is 29.0 Å². The summed E-state index contributed by atoms with van der Waals surface area (Å²) in [7, 11) is 2.81. The second-order valence-electron chi connectivity index (χ2n) is 7.04. The highest BCUT2D eigenvalue weighted by Gasteiger charge is 2.22. The quantitative estimate of drug-likeness (QED) is 0.695. The summed E-state index contributed by atoms with van der Waals surface area (Å²) in [6.45, 7) is 7.22. The first-order valence-corrected chi connectivity index (χ1v) is 10.2. The number of nitrogens with zero attached hydrogens (tertiary/aromatic N) is 3. The highest BCUT2D eigenvalue weighted by atomic mass is 16.5. The van der Waals surface area contributed by atoms with E-state index in [1.54, 1.807) is 6.07 Å². The summed E-state index contributed by atoms with van der Waals surface area (Å²) in [6.07, 6.45) is 1.23. The van der Waals surface area contributed by atoms with Gasteiger partial charge in [-0.05, 0) is 13.8 Å². The van der Waals surface area contributed by atoms with Crippen LogP contribution in [-0.2, 0) is 18.8 Å². The largest absolute Gasteiger partial charge is 0.492 e. The molecular weight excluding hydrogens is 404 g/mol. The number of carbonyl (C=O) groups is 1. The topological polar surface area (TPSA) is 104 Å². The Labute approximate surface area is 179 Å². The van der Waals surface area contributed by atoms with E-state index >= 15 is 0 Å². The van der Waals surface area contributed by atoms with E-state index in [-0.39, 0.29) is 5.56 Å². The lowest BCUT2D eigenvalue weighted by Crippen LogP contribution is -2.40. The molecule has 10 nitrogen and oxygen atoms in total. The van der Waals surface area contributed by atoms with Gasteiger partial charge in [0.15, 0.2) is 0 Å². The summed E-state index contributed by atoms with van der Waals surface area (Å²) < 4.78 is 19.1. The number of carbonyl (C=O) groups excluding carboxylic acids is 1. The zero-order valence-electron chi connectivity index (χ0n) is 18.3. The molecule has 0 saturated carbocycles. The van der Waals surface area contributed by atoms with Crippen molar-refractivity contribution in [2.24, 2.45) is 14.1 Å². The smallest absolute Gasteiger partial charge is 0.330 e. The van der Waals surface area contributed by atoms with E-state index in [4.69, 9.17) is 14.2 Å². The average Bonchev–Trinajstić information content (AvgIpc) is 2.77. The molecule has 3 rings (SSSR count). The van der Waals surface area contributed by atoms with Crippen LogP contribution in [0.5, 0.6) is 11.5 Å². The minimum Gasteiger partial charge on any atom is -0.492 e. The lowest BCUT2D eigenvalue weighted by atomic mass is 10.2. The summed E-state index contributed by atoms with van der Waals surface area (Å²) >= 11 is 0. The standard InChI is InChI=1S/C21H28N4O6/c1-5-30-17-12-16(25-7-9-29-10-8-25)18(31-6-2)11-15(17)22-19(26)14-13-23(3)21(28)24(4)20(14)27/h11-13H,5-10H2,1-4H3,(H,22,26). The van der Waals surface area contributed by atoms with Crippen LogP contribution in [-0.4, -0.2) is 54.6 Å². The summed E-state index contributed by atoms with van der Waals surface area (Å²) in [6, 6.07) is 3.53. The SMILES string of the molecule is CCOc1cc(N2CCOCC2)c(OCC)cc1NC(=O)c1cn(C)c(=O)n(C)c1=O. The fourth-order valence-electron chi connectivity index (χ4n) is 3.40. The molecule has 0 aliphatic carbocycles. The third-order valence-corrected chi connectivity index (χ3v) is 4.95. The van der Waals surface area contributed by atoms with Crippen LogP contribution in [0.25, 0.3) is 0 Å². The molecule has 0 bridgehead atoms. The summed E-state index contributed by atoms with van der Waals surface area (Å²) in [4.78, 5) is 39.4. The molecule has 1 aliphatic rings. The van der Waals surface area contributed by atoms with Crippen molar-refractivity contribution < 1.29 is 19.0 Å². The molecule has 1 aliphatic heterocycles. The molecule has 1 N–H and O–H groups in total. The van der Waals surface area contributed by atoms with Gasteiger partial charge in [0.05, 0.1) is 37.8 Å². The number of nitrogens with one attached hydrogen (secondary N) is 1. The zero-order chi connectivity index (χ0) is 22.5. The molecule has 1 aromatic heterocycles. The molecule has 168 valence electrons. The molecule has 0 unspecified atom stereocenters. The molecule has 2 heterocycles. The molecular formula is C21H28N4O6. The maximum absolute atomic E-state index is 12.9. The van der Waals surface area contributed by atoms with Gasteiger partial charge in [-0.15, -0.1) is 0 Å². The Morgan fingerprint density at radius 2 is 1.71 bits per heavy atom. The fourth-order valence-corrected chi connectivity index (χ4v) is 3.40. The Balaban J connectivity index is 2.01. The van der Waals surface area contributed by atoms with Gasteiger partial charge in [-0.1, -0.05) is 0 Å². The van der Waals surface area contributed by atoms with E-state index in [9.17, 15) is 14.4 Å². The second kappa shape index (κ2) is 9.69. The van der Waals surface area contributed by atoms with Gasteiger partial charge >= 0.3 is 5.69 Å². The molecule has 1 amide bonds. The monoisotopic (exact) mass is 432 g/mol. The Morgan fingerprint density at radius 3 is 2.35 bits per heavy atom. The molecule has 0 spiro atoms. The number of hydrogen-bond donors (Lipinski definition) is 1. The average molecular weight is 432 g/mol. The first-order valence-electron chi connectivity index (χ1n) is 10.2. The van der Waals surface area contributed by atoms with Crippen LogP contribution in [0.2, 0.25) is 0 Å². The molecule has 10 heteroatoms. The van der Waals surface area contributed by atoms with Crippen molar-refractivity contribution in [1.82, 2.24) is 9.13 Å². The van der Waals surface area contributed by atoms with Crippen molar-refractivity contribution in [3.8, 4) is 11.5 Å². The van der Waals surface area contributed by atoms with Crippen molar-refractivity contribution in [2.45, 2.75) is 13.8 Å². The molecule has 0 atom stereocenters. The third kappa shape index (κ3) is 4.74. The van der Waals surface area contributed by atoms with E-state index < -0.39 is 17.2 Å². The number of morpholine rings is 1. The number of rotatable bonds is 7. The van der Waals surface area contributed by atoms with Crippen LogP contribution in [0.3, 0.4) is 0 Å². The van der Waals surface area contributed by atoms with Crippen molar-refractivity contribution >= 4 is 17.3 Å². The molecule has 1 saturated heterocycles. The van der Waals surface area contributed by atoms with Crippen molar-refractivity contribution in [2.75, 3.05) is 49.7 Å². The maximum Gasteiger partial charge on any atom is 0.330 e. The Hall–Kier alpha value is -3.27. The van der Waals surface area contributed by atoms with Gasteiger partial charge in [-0.2, -0.15) is 0 Å². The zero-order valence-corrected chi connectivity index (χ0v) is 18.3. The van der Waals surface area contributed by atoms with E-state index in [0.717, 1.165) is 10.3 Å². The van der Waals surface area contributed by atoms with Gasteiger partial charge in [-0.25, -0.2) is 4.79 Å². The minimum absolute atomic E-state index is 0.151. The molecule has 2 aromatic rings. The van der Waals surface area contributed by atoms with Gasteiger partial charge in [0, 0.05) is 45.5 Å². The fraction of sp³-hybridized carbons (Fsp3) is 0.476. The van der Waals surface area contributed by atoms with E-state index in [2.05, 4.69) is 10.2 Å². The van der Waals surface area contributed by atoms with Crippen LogP contribution in [0.1, 0.15) is 24.2 Å². The summed E-state index contributed by atoms with van der Waals surface area (Å²) in [5.41, 5.74) is -0.103. The van der Waals surface area contributed by atoms with Crippen LogP contribution >= 0.6 is 0 Å². The van der Waals surface area contributed by atoms with Gasteiger partial charge in [-0.3, -0.25) is 14.2 Å². The van der Waals surface area contributed by atoms with Crippen molar-refractivity contribution in [3.63, 3.8) is 0 Å². The van der Waals surface area contributed by atoms with Crippen molar-refractivity contribution in [3.05, 3.63) is 44.7 Å². The predicted octanol–water partition coefficient (Wildman–Crippen LogP) is 0.970.